The number of hydrogen-bond donors (Lipinski definition) is 0. The minimum atomic E-state index is -4.94. The molecule has 0 fully saturated rings. The molecule has 0 aromatic rings. The Morgan fingerprint density at radius 3 is 1.73 bits per heavy atom. The minimum absolute atomic E-state index is 0.731. The summed E-state index contributed by atoms with van der Waals surface area (Å²) in [5, 5.41) is 0.731. The van der Waals surface area contributed by atoms with Crippen LogP contribution in [0.4, 0.5) is 0 Å². The van der Waals surface area contributed by atoms with Gasteiger partial charge in [-0.05, 0) is 0 Å². The summed E-state index contributed by atoms with van der Waals surface area (Å²) in [5.41, 5.74) is 0. The highest BCUT2D eigenvalue weighted by molar-refractivity contribution is 6.38. The number of halogens is 2. The summed E-state index contributed by atoms with van der Waals surface area (Å²) in [6.45, 7) is 0. The highest BCUT2D eigenvalue weighted by atomic mass is 35.7. The fraction of sp³-hybridized carbons (Fsp3) is 0.571. The molecule has 0 aromatic carbocycles. The monoisotopic (exact) mass is 260 g/mol. The highest BCUT2D eigenvalue weighted by Gasteiger charge is 1.91. The second-order valence-electron chi connectivity index (χ2n) is 2.95. The van der Waals surface area contributed by atoms with E-state index >= 15 is 0 Å². The Morgan fingerprint density at radius 1 is 1.20 bits per heavy atom. The number of allylic oxidation sites excluding steroid dienone is 1. The van der Waals surface area contributed by atoms with E-state index in [2.05, 4.69) is 0 Å². The molecule has 15 heavy (non-hydrogen) atoms. The average Bonchev–Trinajstić information content (AvgIpc) is 1.76. The van der Waals surface area contributed by atoms with E-state index in [0.29, 0.717) is 0 Å². The Bertz CT molecular complexity index is 226. The normalized spacial score (nSPS) is 11.4. The van der Waals surface area contributed by atoms with Crippen molar-refractivity contribution in [3.63, 3.8) is 0 Å². The van der Waals surface area contributed by atoms with Gasteiger partial charge >= 0.3 is 0 Å². The first-order valence-corrected chi connectivity index (χ1v) is 5.30. The smallest absolute Gasteiger partial charge is 0.183 e. The van der Waals surface area contributed by atoms with Crippen LogP contribution in [0.3, 0.4) is 0 Å². The van der Waals surface area contributed by atoms with Crippen LogP contribution in [-0.4, -0.2) is 43.9 Å². The van der Waals surface area contributed by atoms with Crippen LogP contribution in [0.5, 0.6) is 0 Å². The van der Waals surface area contributed by atoms with Crippen LogP contribution >= 0.6 is 11.6 Å². The molecule has 8 heteroatoms. The Hall–Kier alpha value is -0.370. The zero-order valence-corrected chi connectivity index (χ0v) is 10.4. The lowest BCUT2D eigenvalue weighted by atomic mass is 10.6. The van der Waals surface area contributed by atoms with Crippen molar-refractivity contribution in [1.29, 1.82) is 0 Å². The molecule has 0 aliphatic heterocycles. The van der Waals surface area contributed by atoms with Crippen molar-refractivity contribution in [2.45, 2.75) is 0 Å². The van der Waals surface area contributed by atoms with Crippen molar-refractivity contribution in [2.75, 3.05) is 28.2 Å². The van der Waals surface area contributed by atoms with E-state index in [4.69, 9.17) is 30.2 Å². The average molecular weight is 261 g/mol. The lowest BCUT2D eigenvalue weighted by Crippen LogP contribution is -2.68. The van der Waals surface area contributed by atoms with E-state index in [0.717, 1.165) is 5.03 Å². The molecule has 0 aromatic heterocycles. The molecule has 0 amide bonds. The first kappa shape index (κ1) is 17.0. The van der Waals surface area contributed by atoms with Gasteiger partial charge in [0.15, 0.2) is 6.21 Å². The quantitative estimate of drug-likeness (QED) is 0.375. The molecule has 0 aliphatic carbocycles. The van der Waals surface area contributed by atoms with Crippen molar-refractivity contribution in [2.24, 2.45) is 0 Å². The van der Waals surface area contributed by atoms with Crippen LogP contribution in [-0.2, 0) is 0 Å². The summed E-state index contributed by atoms with van der Waals surface area (Å²) in [7, 11) is 2.80. The number of nitrogens with zero attached hydrogens (tertiary/aromatic N) is 2. The maximum absolute atomic E-state index is 8.49. The molecule has 0 rings (SSSR count). The first-order chi connectivity index (χ1) is 6.52. The summed E-state index contributed by atoms with van der Waals surface area (Å²) in [6, 6.07) is 0. The molecule has 0 atom stereocenters. The maximum atomic E-state index is 8.49. The van der Waals surface area contributed by atoms with Crippen LogP contribution < -0.4 is 18.6 Å². The van der Waals surface area contributed by atoms with Gasteiger partial charge in [-0.15, -0.1) is 10.2 Å². The van der Waals surface area contributed by atoms with Crippen molar-refractivity contribution >= 4 is 17.8 Å². The zero-order valence-electron chi connectivity index (χ0n) is 8.94. The molecule has 0 saturated heterocycles. The van der Waals surface area contributed by atoms with Crippen molar-refractivity contribution in [3.8, 4) is 0 Å². The Labute approximate surface area is 96.1 Å². The molecule has 0 N–H and O–H groups in total. The molecule has 0 bridgehead atoms. The van der Waals surface area contributed by atoms with E-state index in [-0.39, 0.29) is 0 Å². The molecule has 0 radical (unpaired) electrons. The van der Waals surface area contributed by atoms with Crippen LogP contribution in [0, 0.1) is 10.2 Å². The van der Waals surface area contributed by atoms with E-state index in [1.165, 1.54) is 0 Å². The largest absolute Gasteiger partial charge is 0.382 e. The second kappa shape index (κ2) is 7.86. The van der Waals surface area contributed by atoms with Crippen LogP contribution in [0.1, 0.15) is 0 Å². The molecule has 6 nitrogen and oxygen atoms in total. The zero-order chi connectivity index (χ0) is 12.6. The van der Waals surface area contributed by atoms with Crippen LogP contribution in [0.15, 0.2) is 11.2 Å². The second-order valence-corrected chi connectivity index (χ2v) is 4.14. The SMILES string of the molecule is CN(C)C=C(Cl)C=[N+](C)C.[O-][Cl+3]([O-])([O-])[O-]. The molecule has 0 saturated carbocycles. The van der Waals surface area contributed by atoms with Gasteiger partial charge in [-0.25, -0.2) is 23.2 Å². The van der Waals surface area contributed by atoms with Gasteiger partial charge in [0.25, 0.3) is 0 Å². The Kier molecular flexibility index (Phi) is 8.93. The van der Waals surface area contributed by atoms with E-state index in [1.54, 1.807) is 0 Å². The molecule has 0 heterocycles. The van der Waals surface area contributed by atoms with E-state index in [9.17, 15) is 0 Å². The Morgan fingerprint density at radius 2 is 1.53 bits per heavy atom. The molecule has 90 valence electrons. The summed E-state index contributed by atoms with van der Waals surface area (Å²) >= 11 is 5.79. The number of hydrogen-bond acceptors (Lipinski definition) is 5. The van der Waals surface area contributed by atoms with Crippen LogP contribution in [0.25, 0.3) is 0 Å². The highest BCUT2D eigenvalue weighted by Crippen LogP contribution is 1.96. The third kappa shape index (κ3) is 31.7. The third-order valence-electron chi connectivity index (χ3n) is 0.763. The van der Waals surface area contributed by atoms with Crippen molar-refractivity contribution < 1.29 is 33.5 Å². The molecule has 0 aliphatic rings. The van der Waals surface area contributed by atoms with Crippen molar-refractivity contribution in [3.05, 3.63) is 11.2 Å². The summed E-state index contributed by atoms with van der Waals surface area (Å²) in [4.78, 5) is 1.91. The molecule has 0 spiro atoms. The fourth-order valence-corrected chi connectivity index (χ4v) is 0.917. The Balaban J connectivity index is 0. The topological polar surface area (TPSA) is 98.5 Å². The number of rotatable bonds is 2. The molecular formula is C7H14Cl2N2O4. The molecule has 0 unspecified atom stereocenters. The van der Waals surface area contributed by atoms with Gasteiger partial charge in [-0.1, -0.05) is 11.6 Å². The predicted molar refractivity (Wildman–Crippen MR) is 45.8 cm³/mol. The third-order valence-corrected chi connectivity index (χ3v) is 0.958. The van der Waals surface area contributed by atoms with Gasteiger partial charge in [0.2, 0.25) is 0 Å². The van der Waals surface area contributed by atoms with Crippen molar-refractivity contribution in [1.82, 2.24) is 4.90 Å². The summed E-state index contributed by atoms with van der Waals surface area (Å²) in [6.07, 6.45) is 3.70. The lowest BCUT2D eigenvalue weighted by molar-refractivity contribution is -2.00. The minimum Gasteiger partial charge on any atom is -0.382 e. The summed E-state index contributed by atoms with van der Waals surface area (Å²) < 4.78 is 35.9. The standard InChI is InChI=1S/C7H14ClN2.ClHO4/c1-9(2)5-7(8)6-10(3)4;2-1(3,4)5/h5-6H,1-4H3;(H,2,3,4,5)/q+1;/p-1. The first-order valence-electron chi connectivity index (χ1n) is 3.69. The van der Waals surface area contributed by atoms with Gasteiger partial charge < -0.3 is 4.90 Å². The fourth-order valence-electron chi connectivity index (χ4n) is 0.527. The van der Waals surface area contributed by atoms with E-state index in [1.807, 2.05) is 50.1 Å². The maximum Gasteiger partial charge on any atom is 0.183 e. The predicted octanol–water partition coefficient (Wildman–Crippen LogP) is -3.78. The van der Waals surface area contributed by atoms with Crippen LogP contribution in [0.2, 0.25) is 0 Å². The van der Waals surface area contributed by atoms with E-state index < -0.39 is 10.2 Å². The summed E-state index contributed by atoms with van der Waals surface area (Å²) in [5.74, 6) is 0. The van der Waals surface area contributed by atoms with Gasteiger partial charge in [0.1, 0.15) is 19.1 Å². The van der Waals surface area contributed by atoms with Gasteiger partial charge in [0, 0.05) is 20.3 Å². The van der Waals surface area contributed by atoms with Gasteiger partial charge in [0.05, 0.1) is 0 Å². The molecular weight excluding hydrogens is 247 g/mol. The van der Waals surface area contributed by atoms with Gasteiger partial charge in [-0.2, -0.15) is 0 Å². The van der Waals surface area contributed by atoms with Gasteiger partial charge in [-0.3, -0.25) is 0 Å². The lowest BCUT2D eigenvalue weighted by Gasteiger charge is -2.17.